The number of rotatable bonds is 2. The Morgan fingerprint density at radius 3 is 2.79 bits per heavy atom. The number of hydrogen-bond acceptors (Lipinski definition) is 3. The van der Waals surface area contributed by atoms with E-state index in [1.54, 1.807) is 5.38 Å². The Bertz CT molecular complexity index is 444. The number of nitrogens with zero attached hydrogens (tertiary/aromatic N) is 1. The topological polar surface area (TPSA) is 24.9 Å². The van der Waals surface area contributed by atoms with Gasteiger partial charge in [-0.2, -0.15) is 0 Å². The van der Waals surface area contributed by atoms with E-state index in [2.05, 4.69) is 32.9 Å². The van der Waals surface area contributed by atoms with Crippen LogP contribution in [-0.4, -0.2) is 4.98 Å². The molecule has 72 valence electrons. The zero-order valence-electron chi connectivity index (χ0n) is 7.00. The van der Waals surface area contributed by atoms with Crippen molar-refractivity contribution < 1.29 is 0 Å². The normalized spacial score (nSPS) is 10.1. The van der Waals surface area contributed by atoms with Crippen LogP contribution in [-0.2, 0) is 0 Å². The van der Waals surface area contributed by atoms with E-state index in [0.717, 1.165) is 14.4 Å². The van der Waals surface area contributed by atoms with Crippen LogP contribution in [0.2, 0.25) is 5.15 Å². The highest BCUT2D eigenvalue weighted by atomic mass is 127. The standard InChI is InChI=1S/C9H6ClIN2S/c10-8-5-14-9(13-8)12-7-4-2-1-3-6(7)11/h1-5H,(H,12,13). The number of anilines is 2. The van der Waals surface area contributed by atoms with Crippen LogP contribution in [0, 0.1) is 3.57 Å². The van der Waals surface area contributed by atoms with Crippen molar-refractivity contribution in [2.75, 3.05) is 5.32 Å². The molecule has 1 heterocycles. The molecule has 5 heteroatoms. The van der Waals surface area contributed by atoms with Crippen molar-refractivity contribution in [1.29, 1.82) is 0 Å². The van der Waals surface area contributed by atoms with Crippen molar-refractivity contribution >= 4 is 56.3 Å². The quantitative estimate of drug-likeness (QED) is 0.834. The van der Waals surface area contributed by atoms with Gasteiger partial charge in [-0.25, -0.2) is 4.98 Å². The van der Waals surface area contributed by atoms with Crippen LogP contribution in [0.4, 0.5) is 10.8 Å². The zero-order valence-corrected chi connectivity index (χ0v) is 10.7. The molecule has 0 amide bonds. The molecule has 0 spiro atoms. The Morgan fingerprint density at radius 1 is 1.36 bits per heavy atom. The van der Waals surface area contributed by atoms with Crippen molar-refractivity contribution in [2.45, 2.75) is 0 Å². The van der Waals surface area contributed by atoms with Crippen LogP contribution in [0.1, 0.15) is 0 Å². The lowest BCUT2D eigenvalue weighted by molar-refractivity contribution is 1.38. The first-order valence-electron chi connectivity index (χ1n) is 3.88. The molecule has 1 aromatic carbocycles. The summed E-state index contributed by atoms with van der Waals surface area (Å²) in [5.41, 5.74) is 1.05. The van der Waals surface area contributed by atoms with E-state index in [-0.39, 0.29) is 0 Å². The van der Waals surface area contributed by atoms with Gasteiger partial charge in [0, 0.05) is 8.95 Å². The van der Waals surface area contributed by atoms with Crippen LogP contribution < -0.4 is 5.32 Å². The maximum Gasteiger partial charge on any atom is 0.188 e. The molecule has 0 radical (unpaired) electrons. The van der Waals surface area contributed by atoms with Crippen molar-refractivity contribution in [3.63, 3.8) is 0 Å². The van der Waals surface area contributed by atoms with Gasteiger partial charge in [-0.05, 0) is 34.7 Å². The molecular formula is C9H6ClIN2S. The molecule has 0 aliphatic rings. The third-order valence-corrected chi connectivity index (χ3v) is 3.61. The van der Waals surface area contributed by atoms with Crippen molar-refractivity contribution in [1.82, 2.24) is 4.98 Å². The van der Waals surface area contributed by atoms with Crippen molar-refractivity contribution in [3.8, 4) is 0 Å². The van der Waals surface area contributed by atoms with Gasteiger partial charge < -0.3 is 5.32 Å². The van der Waals surface area contributed by atoms with Gasteiger partial charge >= 0.3 is 0 Å². The second-order valence-electron chi connectivity index (χ2n) is 2.58. The molecule has 2 aromatic rings. The molecule has 1 aromatic heterocycles. The maximum absolute atomic E-state index is 5.72. The molecule has 0 fully saturated rings. The SMILES string of the molecule is Clc1csc(Nc2ccccc2I)n1. The highest BCUT2D eigenvalue weighted by molar-refractivity contribution is 14.1. The summed E-state index contributed by atoms with van der Waals surface area (Å²) in [6, 6.07) is 8.04. The van der Waals surface area contributed by atoms with Gasteiger partial charge in [-0.15, -0.1) is 11.3 Å². The van der Waals surface area contributed by atoms with E-state index in [1.165, 1.54) is 11.3 Å². The summed E-state index contributed by atoms with van der Waals surface area (Å²) >= 11 is 9.49. The van der Waals surface area contributed by atoms with E-state index in [0.29, 0.717) is 5.15 Å². The van der Waals surface area contributed by atoms with Crippen LogP contribution >= 0.6 is 45.5 Å². The fourth-order valence-corrected chi connectivity index (χ4v) is 2.36. The number of para-hydroxylation sites is 1. The van der Waals surface area contributed by atoms with E-state index >= 15 is 0 Å². The highest BCUT2D eigenvalue weighted by Gasteiger charge is 2.02. The molecule has 0 atom stereocenters. The lowest BCUT2D eigenvalue weighted by Gasteiger charge is -2.03. The number of hydrogen-bond donors (Lipinski definition) is 1. The molecule has 0 aliphatic heterocycles. The number of halogens is 2. The Labute approximate surface area is 104 Å². The fourth-order valence-electron chi connectivity index (χ4n) is 0.989. The van der Waals surface area contributed by atoms with Crippen LogP contribution in [0.15, 0.2) is 29.6 Å². The van der Waals surface area contributed by atoms with Gasteiger partial charge in [0.05, 0.1) is 5.69 Å². The Kier molecular flexibility index (Phi) is 3.25. The summed E-state index contributed by atoms with van der Waals surface area (Å²) in [4.78, 5) is 4.12. The third kappa shape index (κ3) is 2.37. The lowest BCUT2D eigenvalue weighted by atomic mass is 10.3. The number of nitrogens with one attached hydrogen (secondary N) is 1. The zero-order chi connectivity index (χ0) is 9.97. The molecule has 2 nitrogen and oxygen atoms in total. The first-order chi connectivity index (χ1) is 6.75. The van der Waals surface area contributed by atoms with Gasteiger partial charge in [0.1, 0.15) is 5.15 Å². The number of aromatic nitrogens is 1. The Hall–Kier alpha value is -0.330. The Morgan fingerprint density at radius 2 is 2.14 bits per heavy atom. The van der Waals surface area contributed by atoms with Crippen molar-refractivity contribution in [2.24, 2.45) is 0 Å². The molecule has 1 N–H and O–H groups in total. The Balaban J connectivity index is 2.23. The van der Waals surface area contributed by atoms with Gasteiger partial charge in [-0.3, -0.25) is 0 Å². The second-order valence-corrected chi connectivity index (χ2v) is 4.99. The summed E-state index contributed by atoms with van der Waals surface area (Å²) in [6.07, 6.45) is 0. The molecule has 0 saturated carbocycles. The first-order valence-corrected chi connectivity index (χ1v) is 6.22. The van der Waals surface area contributed by atoms with Gasteiger partial charge in [0.25, 0.3) is 0 Å². The molecule has 0 unspecified atom stereocenters. The molecule has 0 aliphatic carbocycles. The molecule has 0 saturated heterocycles. The smallest absolute Gasteiger partial charge is 0.188 e. The van der Waals surface area contributed by atoms with Gasteiger partial charge in [0.2, 0.25) is 0 Å². The minimum Gasteiger partial charge on any atom is -0.331 e. The largest absolute Gasteiger partial charge is 0.331 e. The van der Waals surface area contributed by atoms with Crippen LogP contribution in [0.25, 0.3) is 0 Å². The molecule has 0 bridgehead atoms. The van der Waals surface area contributed by atoms with E-state index < -0.39 is 0 Å². The second kappa shape index (κ2) is 4.46. The summed E-state index contributed by atoms with van der Waals surface area (Å²) in [5.74, 6) is 0. The summed E-state index contributed by atoms with van der Waals surface area (Å²) in [5, 5.41) is 6.36. The van der Waals surface area contributed by atoms with Gasteiger partial charge in [0.15, 0.2) is 5.13 Å². The van der Waals surface area contributed by atoms with E-state index in [4.69, 9.17) is 11.6 Å². The minimum atomic E-state index is 0.531. The summed E-state index contributed by atoms with van der Waals surface area (Å²) in [7, 11) is 0. The average molecular weight is 337 g/mol. The fraction of sp³-hybridized carbons (Fsp3) is 0. The van der Waals surface area contributed by atoms with Crippen LogP contribution in [0.3, 0.4) is 0 Å². The molecular weight excluding hydrogens is 331 g/mol. The lowest BCUT2D eigenvalue weighted by Crippen LogP contribution is -1.91. The van der Waals surface area contributed by atoms with Crippen LogP contribution in [0.5, 0.6) is 0 Å². The first kappa shape index (κ1) is 10.2. The van der Waals surface area contributed by atoms with E-state index in [9.17, 15) is 0 Å². The predicted molar refractivity (Wildman–Crippen MR) is 69.6 cm³/mol. The average Bonchev–Trinajstić information content (AvgIpc) is 2.56. The summed E-state index contributed by atoms with van der Waals surface area (Å²) in [6.45, 7) is 0. The highest BCUT2D eigenvalue weighted by Crippen LogP contribution is 2.25. The minimum absolute atomic E-state index is 0.531. The monoisotopic (exact) mass is 336 g/mol. The third-order valence-electron chi connectivity index (χ3n) is 1.59. The number of thiazole rings is 1. The maximum atomic E-state index is 5.72. The van der Waals surface area contributed by atoms with E-state index in [1.807, 2.05) is 24.3 Å². The molecule has 14 heavy (non-hydrogen) atoms. The predicted octanol–water partition coefficient (Wildman–Crippen LogP) is 4.14. The van der Waals surface area contributed by atoms with Gasteiger partial charge in [-0.1, -0.05) is 23.7 Å². The van der Waals surface area contributed by atoms with Crippen molar-refractivity contribution in [3.05, 3.63) is 38.4 Å². The number of benzene rings is 1. The molecule has 2 rings (SSSR count). The summed E-state index contributed by atoms with van der Waals surface area (Å²) < 4.78 is 1.16.